The summed E-state index contributed by atoms with van der Waals surface area (Å²) in [4.78, 5) is 14.5. The largest absolute Gasteiger partial charge is 0.497 e. The van der Waals surface area contributed by atoms with E-state index in [9.17, 15) is 9.18 Å². The van der Waals surface area contributed by atoms with Gasteiger partial charge in [-0.2, -0.15) is 0 Å². The van der Waals surface area contributed by atoms with Crippen molar-refractivity contribution in [2.24, 2.45) is 0 Å². The molecular formula is C19H21FN2O3. The van der Waals surface area contributed by atoms with Gasteiger partial charge < -0.3 is 19.7 Å². The molecule has 0 unspecified atom stereocenters. The van der Waals surface area contributed by atoms with E-state index in [0.717, 1.165) is 18.4 Å². The zero-order valence-electron chi connectivity index (χ0n) is 14.3. The molecule has 0 bridgehead atoms. The monoisotopic (exact) mass is 344 g/mol. The van der Waals surface area contributed by atoms with Crippen molar-refractivity contribution < 1.29 is 18.7 Å². The number of rotatable bonds is 4. The van der Waals surface area contributed by atoms with Crippen LogP contribution in [0.1, 0.15) is 24.4 Å². The molecule has 1 fully saturated rings. The van der Waals surface area contributed by atoms with Crippen molar-refractivity contribution in [2.75, 3.05) is 26.1 Å². The Bertz CT molecular complexity index is 727. The molecule has 5 nitrogen and oxygen atoms in total. The predicted molar refractivity (Wildman–Crippen MR) is 93.6 cm³/mol. The lowest BCUT2D eigenvalue weighted by molar-refractivity contribution is 0.207. The van der Waals surface area contributed by atoms with E-state index in [4.69, 9.17) is 9.47 Å². The molecule has 0 saturated carbocycles. The second-order valence-corrected chi connectivity index (χ2v) is 5.93. The van der Waals surface area contributed by atoms with Crippen LogP contribution in [0.3, 0.4) is 0 Å². The molecular weight excluding hydrogens is 323 g/mol. The lowest BCUT2D eigenvalue weighted by atomic mass is 10.0. The Morgan fingerprint density at radius 2 is 1.76 bits per heavy atom. The molecule has 1 heterocycles. The second kappa shape index (κ2) is 7.42. The molecule has 0 aliphatic carbocycles. The van der Waals surface area contributed by atoms with Crippen LogP contribution in [0.5, 0.6) is 11.5 Å². The molecule has 25 heavy (non-hydrogen) atoms. The second-order valence-electron chi connectivity index (χ2n) is 5.93. The maximum Gasteiger partial charge on any atom is 0.322 e. The van der Waals surface area contributed by atoms with E-state index in [0.29, 0.717) is 23.7 Å². The van der Waals surface area contributed by atoms with Crippen LogP contribution in [0.4, 0.5) is 14.9 Å². The minimum absolute atomic E-state index is 0.0481. The van der Waals surface area contributed by atoms with Crippen molar-refractivity contribution in [3.05, 3.63) is 53.8 Å². The van der Waals surface area contributed by atoms with Crippen molar-refractivity contribution in [3.8, 4) is 11.5 Å². The molecule has 6 heteroatoms. The summed E-state index contributed by atoms with van der Waals surface area (Å²) in [5, 5.41) is 2.90. The molecule has 2 aromatic carbocycles. The van der Waals surface area contributed by atoms with Crippen LogP contribution in [0.2, 0.25) is 0 Å². The smallest absolute Gasteiger partial charge is 0.322 e. The number of ether oxygens (including phenoxy) is 2. The predicted octanol–water partition coefficient (Wildman–Crippen LogP) is 4.21. The van der Waals surface area contributed by atoms with Crippen LogP contribution in [-0.2, 0) is 0 Å². The minimum atomic E-state index is -0.277. The first-order chi connectivity index (χ1) is 12.1. The number of nitrogens with one attached hydrogen (secondary N) is 1. The van der Waals surface area contributed by atoms with Gasteiger partial charge in [0.15, 0.2) is 0 Å². The average Bonchev–Trinajstić information content (AvgIpc) is 3.11. The quantitative estimate of drug-likeness (QED) is 0.904. The fourth-order valence-electron chi connectivity index (χ4n) is 3.12. The molecule has 2 amide bonds. The Kier molecular flexibility index (Phi) is 5.07. The Balaban J connectivity index is 1.77. The molecule has 0 radical (unpaired) electrons. The molecule has 1 aliphatic heterocycles. The van der Waals surface area contributed by atoms with Gasteiger partial charge in [-0.15, -0.1) is 0 Å². The molecule has 1 N–H and O–H groups in total. The summed E-state index contributed by atoms with van der Waals surface area (Å²) in [5.74, 6) is 0.929. The van der Waals surface area contributed by atoms with E-state index in [1.54, 1.807) is 49.5 Å². The highest BCUT2D eigenvalue weighted by molar-refractivity contribution is 5.90. The lowest BCUT2D eigenvalue weighted by Crippen LogP contribution is -2.34. The number of nitrogens with zero attached hydrogens (tertiary/aromatic N) is 1. The van der Waals surface area contributed by atoms with Gasteiger partial charge >= 0.3 is 6.03 Å². The molecule has 0 aromatic heterocycles. The van der Waals surface area contributed by atoms with Crippen molar-refractivity contribution in [3.63, 3.8) is 0 Å². The number of anilines is 1. The van der Waals surface area contributed by atoms with Crippen molar-refractivity contribution >= 4 is 11.7 Å². The summed E-state index contributed by atoms with van der Waals surface area (Å²) in [5.41, 5.74) is 1.54. The van der Waals surface area contributed by atoms with Gasteiger partial charge in [0.25, 0.3) is 0 Å². The molecule has 1 saturated heterocycles. The van der Waals surface area contributed by atoms with Gasteiger partial charge in [-0.3, -0.25) is 0 Å². The van der Waals surface area contributed by atoms with Crippen LogP contribution in [-0.4, -0.2) is 31.7 Å². The van der Waals surface area contributed by atoms with Crippen LogP contribution in [0.25, 0.3) is 0 Å². The van der Waals surface area contributed by atoms with Gasteiger partial charge in [-0.25, -0.2) is 9.18 Å². The normalized spacial score (nSPS) is 16.6. The van der Waals surface area contributed by atoms with Gasteiger partial charge in [0.05, 0.1) is 20.3 Å². The van der Waals surface area contributed by atoms with Gasteiger partial charge in [0.2, 0.25) is 0 Å². The van der Waals surface area contributed by atoms with Crippen LogP contribution < -0.4 is 14.8 Å². The maximum absolute atomic E-state index is 13.1. The zero-order chi connectivity index (χ0) is 17.8. The fourth-order valence-corrected chi connectivity index (χ4v) is 3.12. The fraction of sp³-hybridized carbons (Fsp3) is 0.316. The third-order valence-corrected chi connectivity index (χ3v) is 4.37. The summed E-state index contributed by atoms with van der Waals surface area (Å²) in [7, 11) is 3.12. The van der Waals surface area contributed by atoms with Crippen molar-refractivity contribution in [1.82, 2.24) is 4.90 Å². The zero-order valence-corrected chi connectivity index (χ0v) is 14.3. The standard InChI is InChI=1S/C19H21FN2O3/c1-24-16-10-15(11-17(12-16)25-2)21-19(23)22-9-3-4-18(22)13-5-7-14(20)8-6-13/h5-8,10-12,18H,3-4,9H2,1-2H3,(H,21,23)/t18-/m0/s1. The van der Waals surface area contributed by atoms with Crippen molar-refractivity contribution in [2.45, 2.75) is 18.9 Å². The van der Waals surface area contributed by atoms with Crippen LogP contribution in [0.15, 0.2) is 42.5 Å². The summed E-state index contributed by atoms with van der Waals surface area (Å²) in [6, 6.07) is 11.3. The van der Waals surface area contributed by atoms with E-state index in [1.807, 2.05) is 0 Å². The highest BCUT2D eigenvalue weighted by Gasteiger charge is 2.30. The number of carbonyl (C=O) groups is 1. The average molecular weight is 344 g/mol. The van der Waals surface area contributed by atoms with Gasteiger partial charge in [-0.1, -0.05) is 12.1 Å². The Hall–Kier alpha value is -2.76. The number of amides is 2. The van der Waals surface area contributed by atoms with E-state index in [2.05, 4.69) is 5.32 Å². The molecule has 1 atom stereocenters. The summed E-state index contributed by atoms with van der Waals surface area (Å²) >= 11 is 0. The number of likely N-dealkylation sites (tertiary alicyclic amines) is 1. The van der Waals surface area contributed by atoms with Crippen LogP contribution >= 0.6 is 0 Å². The van der Waals surface area contributed by atoms with Crippen molar-refractivity contribution in [1.29, 1.82) is 0 Å². The summed E-state index contributed by atoms with van der Waals surface area (Å²) < 4.78 is 23.6. The number of carbonyl (C=O) groups excluding carboxylic acids is 1. The first kappa shape index (κ1) is 17.1. The minimum Gasteiger partial charge on any atom is -0.497 e. The topological polar surface area (TPSA) is 50.8 Å². The summed E-state index contributed by atoms with van der Waals surface area (Å²) in [6.45, 7) is 0.662. The Labute approximate surface area is 146 Å². The first-order valence-electron chi connectivity index (χ1n) is 8.17. The number of hydrogen-bond acceptors (Lipinski definition) is 3. The number of benzene rings is 2. The SMILES string of the molecule is COc1cc(NC(=O)N2CCC[C@H]2c2ccc(F)cc2)cc(OC)c1. The van der Waals surface area contributed by atoms with E-state index < -0.39 is 0 Å². The number of urea groups is 1. The number of halogens is 1. The van der Waals surface area contributed by atoms with E-state index in [-0.39, 0.29) is 17.9 Å². The van der Waals surface area contributed by atoms with Gasteiger partial charge in [0.1, 0.15) is 17.3 Å². The third kappa shape index (κ3) is 3.84. The Morgan fingerprint density at radius 1 is 1.12 bits per heavy atom. The molecule has 1 aliphatic rings. The Morgan fingerprint density at radius 3 is 2.36 bits per heavy atom. The van der Waals surface area contributed by atoms with Gasteiger partial charge in [-0.05, 0) is 30.5 Å². The lowest BCUT2D eigenvalue weighted by Gasteiger charge is -2.25. The summed E-state index contributed by atoms with van der Waals surface area (Å²) in [6.07, 6.45) is 1.78. The number of methoxy groups -OCH3 is 2. The highest BCUT2D eigenvalue weighted by Crippen LogP contribution is 2.33. The number of hydrogen-bond donors (Lipinski definition) is 1. The van der Waals surface area contributed by atoms with Crippen LogP contribution in [0, 0.1) is 5.82 Å². The van der Waals surface area contributed by atoms with E-state index >= 15 is 0 Å². The highest BCUT2D eigenvalue weighted by atomic mass is 19.1. The third-order valence-electron chi connectivity index (χ3n) is 4.37. The maximum atomic E-state index is 13.1. The van der Waals surface area contributed by atoms with Gasteiger partial charge in [0, 0.05) is 30.4 Å². The molecule has 132 valence electrons. The molecule has 3 rings (SSSR count). The molecule has 0 spiro atoms. The molecule has 2 aromatic rings. The first-order valence-corrected chi connectivity index (χ1v) is 8.17. The van der Waals surface area contributed by atoms with E-state index in [1.165, 1.54) is 12.1 Å².